The lowest BCUT2D eigenvalue weighted by molar-refractivity contribution is -0.127. The Bertz CT molecular complexity index is 598. The molecule has 112 valence electrons. The molecule has 3 atom stereocenters. The van der Waals surface area contributed by atoms with Crippen molar-refractivity contribution in [3.05, 3.63) is 34.9 Å². The number of rotatable bonds is 2. The Hall–Kier alpha value is -1.72. The van der Waals surface area contributed by atoms with Gasteiger partial charge in [-0.3, -0.25) is 14.5 Å². The third-order valence-corrected chi connectivity index (χ3v) is 4.48. The van der Waals surface area contributed by atoms with Crippen LogP contribution in [-0.2, 0) is 16.0 Å². The number of amides is 2. The van der Waals surface area contributed by atoms with Gasteiger partial charge in [0.25, 0.3) is 5.91 Å². The van der Waals surface area contributed by atoms with Gasteiger partial charge in [0.05, 0.1) is 12.5 Å². The zero-order valence-corrected chi connectivity index (χ0v) is 12.2. The topological polar surface area (TPSA) is 66.8 Å². The molecule has 2 amide bonds. The van der Waals surface area contributed by atoms with Crippen molar-refractivity contribution >= 4 is 11.8 Å². The summed E-state index contributed by atoms with van der Waals surface area (Å²) < 4.78 is 5.59. The molecule has 5 nitrogen and oxygen atoms in total. The molecule has 1 fully saturated rings. The molecule has 1 saturated heterocycles. The third-order valence-electron chi connectivity index (χ3n) is 4.48. The van der Waals surface area contributed by atoms with E-state index in [2.05, 4.69) is 6.92 Å². The fourth-order valence-electron chi connectivity index (χ4n) is 3.02. The molecule has 2 aliphatic heterocycles. The molecule has 1 aromatic rings. The minimum atomic E-state index is -0.747. The molecule has 0 bridgehead atoms. The second kappa shape index (κ2) is 5.24. The van der Waals surface area contributed by atoms with E-state index in [0.29, 0.717) is 17.7 Å². The zero-order chi connectivity index (χ0) is 15.1. The summed E-state index contributed by atoms with van der Waals surface area (Å²) in [6, 6.07) is 5.24. The maximum Gasteiger partial charge on any atom is 0.260 e. The van der Waals surface area contributed by atoms with Crippen LogP contribution in [0.4, 0.5) is 0 Å². The van der Waals surface area contributed by atoms with Crippen LogP contribution in [0.1, 0.15) is 40.9 Å². The molecule has 2 heterocycles. The molecular weight excluding hydrogens is 270 g/mol. The molecular formula is C16H19NO4. The van der Waals surface area contributed by atoms with Gasteiger partial charge in [-0.1, -0.05) is 19.1 Å². The van der Waals surface area contributed by atoms with Crippen LogP contribution >= 0.6 is 0 Å². The van der Waals surface area contributed by atoms with Crippen molar-refractivity contribution < 1.29 is 19.4 Å². The van der Waals surface area contributed by atoms with Gasteiger partial charge in [-0.15, -0.1) is 0 Å². The van der Waals surface area contributed by atoms with Gasteiger partial charge in [-0.2, -0.15) is 0 Å². The molecule has 0 aliphatic carbocycles. The Kier molecular flexibility index (Phi) is 3.55. The first-order chi connectivity index (χ1) is 9.99. The lowest BCUT2D eigenvalue weighted by atomic mass is 9.90. The summed E-state index contributed by atoms with van der Waals surface area (Å²) in [5.41, 5.74) is 1.89. The molecule has 0 radical (unpaired) electrons. The summed E-state index contributed by atoms with van der Waals surface area (Å²) >= 11 is 0. The molecule has 1 N–H and O–H groups in total. The van der Waals surface area contributed by atoms with E-state index in [9.17, 15) is 14.7 Å². The minimum Gasteiger partial charge on any atom is -0.386 e. The van der Waals surface area contributed by atoms with Gasteiger partial charge in [0, 0.05) is 19.2 Å². The van der Waals surface area contributed by atoms with Crippen LogP contribution in [0.25, 0.3) is 0 Å². The van der Waals surface area contributed by atoms with Crippen molar-refractivity contribution in [2.24, 2.45) is 5.92 Å². The summed E-state index contributed by atoms with van der Waals surface area (Å²) in [6.07, 6.45) is 0.178. The number of likely N-dealkylation sites (N-methyl/N-ethyl adjacent to an activating group) is 1. The first-order valence-corrected chi connectivity index (χ1v) is 7.22. The lowest BCUT2D eigenvalue weighted by Gasteiger charge is -2.26. The molecule has 2 aliphatic rings. The molecule has 0 spiro atoms. The Balaban J connectivity index is 1.92. The molecule has 3 rings (SSSR count). The monoisotopic (exact) mass is 289 g/mol. The highest BCUT2D eigenvalue weighted by atomic mass is 16.5. The van der Waals surface area contributed by atoms with E-state index in [1.807, 2.05) is 0 Å². The number of hydrogen-bond donors (Lipinski definition) is 1. The van der Waals surface area contributed by atoms with Gasteiger partial charge in [0.15, 0.2) is 0 Å². The second-order valence-electron chi connectivity index (χ2n) is 5.90. The average molecular weight is 289 g/mol. The maximum atomic E-state index is 12.2. The molecule has 5 heteroatoms. The summed E-state index contributed by atoms with van der Waals surface area (Å²) in [4.78, 5) is 25.0. The summed E-state index contributed by atoms with van der Waals surface area (Å²) in [6.45, 7) is 2.71. The van der Waals surface area contributed by atoms with Crippen LogP contribution in [0.15, 0.2) is 18.2 Å². The van der Waals surface area contributed by atoms with E-state index >= 15 is 0 Å². The SMILES string of the molecule is CC1CCOC1C(O)c1ccc2c(c1)C(=O)N(C)C(=O)C2. The zero-order valence-electron chi connectivity index (χ0n) is 12.2. The van der Waals surface area contributed by atoms with Crippen molar-refractivity contribution in [1.82, 2.24) is 4.90 Å². The van der Waals surface area contributed by atoms with Crippen molar-refractivity contribution in [1.29, 1.82) is 0 Å². The van der Waals surface area contributed by atoms with Gasteiger partial charge in [-0.25, -0.2) is 0 Å². The number of benzene rings is 1. The van der Waals surface area contributed by atoms with E-state index in [1.165, 1.54) is 7.05 Å². The summed E-state index contributed by atoms with van der Waals surface area (Å²) in [5, 5.41) is 10.5. The number of ether oxygens (including phenoxy) is 1. The molecule has 0 aromatic heterocycles. The summed E-state index contributed by atoms with van der Waals surface area (Å²) in [5.74, 6) is -0.222. The van der Waals surface area contributed by atoms with Crippen LogP contribution in [-0.4, -0.2) is 41.6 Å². The van der Waals surface area contributed by atoms with Gasteiger partial charge in [-0.05, 0) is 29.5 Å². The van der Waals surface area contributed by atoms with Crippen LogP contribution in [0, 0.1) is 5.92 Å². The van der Waals surface area contributed by atoms with Gasteiger partial charge >= 0.3 is 0 Å². The van der Waals surface area contributed by atoms with Crippen LogP contribution in [0.5, 0.6) is 0 Å². The number of aliphatic hydroxyl groups is 1. The number of carbonyl (C=O) groups excluding carboxylic acids is 2. The predicted molar refractivity (Wildman–Crippen MR) is 75.7 cm³/mol. The van der Waals surface area contributed by atoms with E-state index in [4.69, 9.17) is 4.74 Å². The standard InChI is InChI=1S/C16H19NO4/c1-9-5-6-21-15(9)14(19)11-4-3-10-8-13(18)17(2)16(20)12(10)7-11/h3-4,7,9,14-15,19H,5-6,8H2,1-2H3. The fourth-order valence-corrected chi connectivity index (χ4v) is 3.02. The highest BCUT2D eigenvalue weighted by Crippen LogP contribution is 2.32. The first-order valence-electron chi connectivity index (χ1n) is 7.22. The van der Waals surface area contributed by atoms with E-state index in [0.717, 1.165) is 16.9 Å². The number of imide groups is 1. The first kappa shape index (κ1) is 14.2. The molecule has 1 aromatic carbocycles. The number of aliphatic hydroxyl groups excluding tert-OH is 1. The second-order valence-corrected chi connectivity index (χ2v) is 5.90. The van der Waals surface area contributed by atoms with Crippen LogP contribution in [0.3, 0.4) is 0 Å². The summed E-state index contributed by atoms with van der Waals surface area (Å²) in [7, 11) is 1.48. The van der Waals surface area contributed by atoms with E-state index < -0.39 is 6.10 Å². The third kappa shape index (κ3) is 2.36. The average Bonchev–Trinajstić information content (AvgIpc) is 2.90. The fraction of sp³-hybridized carbons (Fsp3) is 0.500. The quantitative estimate of drug-likeness (QED) is 0.833. The number of hydrogen-bond acceptors (Lipinski definition) is 4. The highest BCUT2D eigenvalue weighted by molar-refractivity contribution is 6.09. The van der Waals surface area contributed by atoms with Gasteiger partial charge < -0.3 is 9.84 Å². The van der Waals surface area contributed by atoms with Crippen molar-refractivity contribution in [2.75, 3.05) is 13.7 Å². The normalized spacial score (nSPS) is 26.9. The van der Waals surface area contributed by atoms with Crippen LogP contribution in [0.2, 0.25) is 0 Å². The largest absolute Gasteiger partial charge is 0.386 e. The lowest BCUT2D eigenvalue weighted by Crippen LogP contribution is -2.39. The Morgan fingerprint density at radius 1 is 1.38 bits per heavy atom. The smallest absolute Gasteiger partial charge is 0.260 e. The van der Waals surface area contributed by atoms with Crippen molar-refractivity contribution in [3.8, 4) is 0 Å². The molecule has 0 saturated carbocycles. The van der Waals surface area contributed by atoms with Gasteiger partial charge in [0.1, 0.15) is 6.10 Å². The number of nitrogens with zero attached hydrogens (tertiary/aromatic N) is 1. The van der Waals surface area contributed by atoms with Crippen molar-refractivity contribution in [3.63, 3.8) is 0 Å². The maximum absolute atomic E-state index is 12.2. The Morgan fingerprint density at radius 3 is 2.81 bits per heavy atom. The van der Waals surface area contributed by atoms with E-state index in [1.54, 1.807) is 18.2 Å². The van der Waals surface area contributed by atoms with E-state index in [-0.39, 0.29) is 30.3 Å². The molecule has 3 unspecified atom stereocenters. The number of carbonyl (C=O) groups is 2. The highest BCUT2D eigenvalue weighted by Gasteiger charge is 2.34. The van der Waals surface area contributed by atoms with Crippen LogP contribution < -0.4 is 0 Å². The predicted octanol–water partition coefficient (Wildman–Crippen LogP) is 1.30. The molecule has 21 heavy (non-hydrogen) atoms. The Morgan fingerprint density at radius 2 is 2.14 bits per heavy atom. The Labute approximate surface area is 123 Å². The van der Waals surface area contributed by atoms with Crippen molar-refractivity contribution in [2.45, 2.75) is 32.0 Å². The van der Waals surface area contributed by atoms with Gasteiger partial charge in [0.2, 0.25) is 5.91 Å². The number of fused-ring (bicyclic) bond motifs is 1. The minimum absolute atomic E-state index is 0.200.